The first-order valence-corrected chi connectivity index (χ1v) is 6.43. The number of hydrogen-bond acceptors (Lipinski definition) is 2. The van der Waals surface area contributed by atoms with Gasteiger partial charge in [-0.3, -0.25) is 4.79 Å². The van der Waals surface area contributed by atoms with Crippen molar-refractivity contribution in [2.24, 2.45) is 5.92 Å². The number of carbonyl (C=O) groups is 1. The molecule has 0 saturated heterocycles. The number of hydrogen-bond donors (Lipinski definition) is 0. The van der Waals surface area contributed by atoms with Crippen molar-refractivity contribution in [2.75, 3.05) is 0 Å². The highest BCUT2D eigenvalue weighted by molar-refractivity contribution is 5.77. The topological polar surface area (TPSA) is 26.3 Å². The van der Waals surface area contributed by atoms with E-state index in [1.54, 1.807) is 0 Å². The average molecular weight is 232 g/mol. The largest absolute Gasteiger partial charge is 0.490 e. The van der Waals surface area contributed by atoms with Crippen LogP contribution in [-0.2, 0) is 0 Å². The highest BCUT2D eigenvalue weighted by atomic mass is 16.5. The lowest BCUT2D eigenvalue weighted by molar-refractivity contribution is 0.102. The molecule has 2 unspecified atom stereocenters. The van der Waals surface area contributed by atoms with Crippen LogP contribution in [0.25, 0.3) is 0 Å². The molecule has 0 aliphatic heterocycles. The van der Waals surface area contributed by atoms with Crippen LogP contribution in [0, 0.1) is 12.8 Å². The zero-order valence-electron chi connectivity index (χ0n) is 10.6. The molecule has 2 atom stereocenters. The molecule has 0 spiro atoms. The van der Waals surface area contributed by atoms with E-state index in [1.807, 2.05) is 25.1 Å². The lowest BCUT2D eigenvalue weighted by atomic mass is 9.88. The monoisotopic (exact) mass is 232 g/mol. The summed E-state index contributed by atoms with van der Waals surface area (Å²) in [5.41, 5.74) is 1.73. The van der Waals surface area contributed by atoms with Crippen LogP contribution < -0.4 is 4.74 Å². The Labute approximate surface area is 103 Å². The van der Waals surface area contributed by atoms with Crippen LogP contribution in [0.5, 0.6) is 5.75 Å². The average Bonchev–Trinajstić information content (AvgIpc) is 2.32. The smallest absolute Gasteiger partial charge is 0.150 e. The SMILES string of the molecule is Cc1cc(OC2CCCCC2C)ccc1C=O. The summed E-state index contributed by atoms with van der Waals surface area (Å²) in [5.74, 6) is 1.53. The highest BCUT2D eigenvalue weighted by Crippen LogP contribution is 2.28. The summed E-state index contributed by atoms with van der Waals surface area (Å²) in [7, 11) is 0. The van der Waals surface area contributed by atoms with Crippen molar-refractivity contribution >= 4 is 6.29 Å². The van der Waals surface area contributed by atoms with E-state index in [-0.39, 0.29) is 0 Å². The van der Waals surface area contributed by atoms with Gasteiger partial charge >= 0.3 is 0 Å². The molecule has 0 radical (unpaired) electrons. The third-order valence-electron chi connectivity index (χ3n) is 3.69. The summed E-state index contributed by atoms with van der Waals surface area (Å²) in [6.45, 7) is 4.21. The fourth-order valence-electron chi connectivity index (χ4n) is 2.49. The zero-order chi connectivity index (χ0) is 12.3. The van der Waals surface area contributed by atoms with Crippen LogP contribution in [0.1, 0.15) is 48.5 Å². The Balaban J connectivity index is 2.07. The van der Waals surface area contributed by atoms with Crippen LogP contribution >= 0.6 is 0 Å². The molecular weight excluding hydrogens is 212 g/mol. The predicted octanol–water partition coefficient (Wildman–Crippen LogP) is 3.77. The third kappa shape index (κ3) is 2.87. The van der Waals surface area contributed by atoms with Crippen molar-refractivity contribution in [1.82, 2.24) is 0 Å². The number of rotatable bonds is 3. The van der Waals surface area contributed by atoms with E-state index in [9.17, 15) is 4.79 Å². The summed E-state index contributed by atoms with van der Waals surface area (Å²) in [6.07, 6.45) is 6.23. The van der Waals surface area contributed by atoms with Gasteiger partial charge in [-0.25, -0.2) is 0 Å². The molecule has 92 valence electrons. The van der Waals surface area contributed by atoms with E-state index in [0.717, 1.165) is 29.6 Å². The summed E-state index contributed by atoms with van der Waals surface area (Å²) in [4.78, 5) is 10.7. The summed E-state index contributed by atoms with van der Waals surface area (Å²) in [5, 5.41) is 0. The fraction of sp³-hybridized carbons (Fsp3) is 0.533. The van der Waals surface area contributed by atoms with E-state index in [2.05, 4.69) is 6.92 Å². The zero-order valence-corrected chi connectivity index (χ0v) is 10.6. The lowest BCUT2D eigenvalue weighted by Crippen LogP contribution is -2.28. The molecule has 0 bridgehead atoms. The van der Waals surface area contributed by atoms with Crippen molar-refractivity contribution in [1.29, 1.82) is 0 Å². The van der Waals surface area contributed by atoms with Gasteiger partial charge in [0.2, 0.25) is 0 Å². The van der Waals surface area contributed by atoms with Crippen molar-refractivity contribution in [3.8, 4) is 5.75 Å². The van der Waals surface area contributed by atoms with E-state index in [1.165, 1.54) is 19.3 Å². The molecule has 1 aromatic carbocycles. The van der Waals surface area contributed by atoms with Crippen molar-refractivity contribution < 1.29 is 9.53 Å². The molecule has 1 aliphatic carbocycles. The van der Waals surface area contributed by atoms with Gasteiger partial charge in [-0.05, 0) is 55.9 Å². The normalized spacial score (nSPS) is 24.4. The van der Waals surface area contributed by atoms with E-state index < -0.39 is 0 Å². The molecule has 0 N–H and O–H groups in total. The molecule has 2 nitrogen and oxygen atoms in total. The Morgan fingerprint density at radius 2 is 2.06 bits per heavy atom. The summed E-state index contributed by atoms with van der Waals surface area (Å²) < 4.78 is 6.03. The first-order chi connectivity index (χ1) is 8.20. The van der Waals surface area contributed by atoms with E-state index in [0.29, 0.717) is 12.0 Å². The van der Waals surface area contributed by atoms with Gasteiger partial charge in [-0.15, -0.1) is 0 Å². The first-order valence-electron chi connectivity index (χ1n) is 6.43. The maximum atomic E-state index is 10.7. The van der Waals surface area contributed by atoms with Crippen LogP contribution in [0.2, 0.25) is 0 Å². The van der Waals surface area contributed by atoms with Crippen LogP contribution in [0.3, 0.4) is 0 Å². The van der Waals surface area contributed by atoms with Gasteiger partial charge in [0.1, 0.15) is 18.1 Å². The minimum atomic E-state index is 0.338. The van der Waals surface area contributed by atoms with Gasteiger partial charge in [0, 0.05) is 5.56 Å². The molecule has 1 saturated carbocycles. The Morgan fingerprint density at radius 3 is 2.71 bits per heavy atom. The Bertz CT molecular complexity index is 398. The second kappa shape index (κ2) is 5.35. The molecule has 1 aromatic rings. The minimum Gasteiger partial charge on any atom is -0.490 e. The number of ether oxygens (including phenoxy) is 1. The summed E-state index contributed by atoms with van der Waals surface area (Å²) >= 11 is 0. The van der Waals surface area contributed by atoms with Crippen molar-refractivity contribution in [2.45, 2.75) is 45.6 Å². The molecular formula is C15H20O2. The van der Waals surface area contributed by atoms with Gasteiger partial charge in [0.25, 0.3) is 0 Å². The molecule has 0 amide bonds. The third-order valence-corrected chi connectivity index (χ3v) is 3.69. The Morgan fingerprint density at radius 1 is 1.29 bits per heavy atom. The van der Waals surface area contributed by atoms with Crippen LogP contribution in [0.4, 0.5) is 0 Å². The maximum absolute atomic E-state index is 10.7. The van der Waals surface area contributed by atoms with Crippen LogP contribution in [0.15, 0.2) is 18.2 Å². The molecule has 1 fully saturated rings. The number of aryl methyl sites for hydroxylation is 1. The number of benzene rings is 1. The van der Waals surface area contributed by atoms with Gasteiger partial charge in [-0.2, -0.15) is 0 Å². The lowest BCUT2D eigenvalue weighted by Gasteiger charge is -2.29. The highest BCUT2D eigenvalue weighted by Gasteiger charge is 2.22. The molecule has 2 heteroatoms. The first kappa shape index (κ1) is 12.2. The molecule has 0 heterocycles. The fourth-order valence-corrected chi connectivity index (χ4v) is 2.49. The number of aldehydes is 1. The Hall–Kier alpha value is -1.31. The van der Waals surface area contributed by atoms with Crippen molar-refractivity contribution in [3.05, 3.63) is 29.3 Å². The second-order valence-electron chi connectivity index (χ2n) is 5.05. The molecule has 0 aromatic heterocycles. The number of carbonyl (C=O) groups excluding carboxylic acids is 1. The van der Waals surface area contributed by atoms with Gasteiger partial charge in [0.15, 0.2) is 0 Å². The predicted molar refractivity (Wildman–Crippen MR) is 68.6 cm³/mol. The van der Waals surface area contributed by atoms with Crippen LogP contribution in [-0.4, -0.2) is 12.4 Å². The standard InChI is InChI=1S/C15H20O2/c1-11-5-3-4-6-15(11)17-14-8-7-13(10-16)12(2)9-14/h7-11,15H,3-6H2,1-2H3. The van der Waals surface area contributed by atoms with E-state index in [4.69, 9.17) is 4.74 Å². The molecule has 2 rings (SSSR count). The molecule has 1 aliphatic rings. The second-order valence-corrected chi connectivity index (χ2v) is 5.05. The Kier molecular flexibility index (Phi) is 3.82. The quantitative estimate of drug-likeness (QED) is 0.742. The molecule has 17 heavy (non-hydrogen) atoms. The van der Waals surface area contributed by atoms with Gasteiger partial charge < -0.3 is 4.74 Å². The minimum absolute atomic E-state index is 0.338. The van der Waals surface area contributed by atoms with Gasteiger partial charge in [0.05, 0.1) is 0 Å². The van der Waals surface area contributed by atoms with E-state index >= 15 is 0 Å². The van der Waals surface area contributed by atoms with Gasteiger partial charge in [-0.1, -0.05) is 13.3 Å². The van der Waals surface area contributed by atoms with Crippen molar-refractivity contribution in [3.63, 3.8) is 0 Å². The summed E-state index contributed by atoms with van der Waals surface area (Å²) in [6, 6.07) is 5.70. The maximum Gasteiger partial charge on any atom is 0.150 e.